The van der Waals surface area contributed by atoms with Crippen LogP contribution in [0.2, 0.25) is 15.1 Å². The van der Waals surface area contributed by atoms with Gasteiger partial charge in [0.1, 0.15) is 5.78 Å². The van der Waals surface area contributed by atoms with Gasteiger partial charge in [0, 0.05) is 23.5 Å². The maximum absolute atomic E-state index is 12.1. The number of aryl methyl sites for hydroxylation is 2. The van der Waals surface area contributed by atoms with Crippen LogP contribution in [0.4, 0.5) is 0 Å². The van der Waals surface area contributed by atoms with Crippen molar-refractivity contribution >= 4 is 40.6 Å². The molecule has 0 spiro atoms. The summed E-state index contributed by atoms with van der Waals surface area (Å²) >= 11 is 18.0. The first-order valence-corrected chi connectivity index (χ1v) is 7.15. The molecule has 0 radical (unpaired) electrons. The molecular weight excluding hydrogens is 319 g/mol. The number of aromatic nitrogens is 2. The molecule has 0 amide bonds. The molecule has 0 aliphatic carbocycles. The molecule has 0 saturated heterocycles. The lowest BCUT2D eigenvalue weighted by Crippen LogP contribution is -2.10. The molecule has 3 nitrogen and oxygen atoms in total. The second-order valence-corrected chi connectivity index (χ2v) is 5.82. The van der Waals surface area contributed by atoms with Crippen LogP contribution in [0, 0.1) is 6.92 Å². The van der Waals surface area contributed by atoms with Crippen LogP contribution >= 0.6 is 34.8 Å². The van der Waals surface area contributed by atoms with Gasteiger partial charge >= 0.3 is 0 Å². The Balaban J connectivity index is 2.13. The zero-order chi connectivity index (χ0) is 14.9. The van der Waals surface area contributed by atoms with Crippen LogP contribution in [0.5, 0.6) is 0 Å². The Morgan fingerprint density at radius 1 is 1.25 bits per heavy atom. The monoisotopic (exact) mass is 330 g/mol. The van der Waals surface area contributed by atoms with E-state index >= 15 is 0 Å². The van der Waals surface area contributed by atoms with Gasteiger partial charge in [-0.15, -0.1) is 0 Å². The molecule has 20 heavy (non-hydrogen) atoms. The van der Waals surface area contributed by atoms with Crippen LogP contribution in [0.25, 0.3) is 0 Å². The van der Waals surface area contributed by atoms with E-state index in [0.29, 0.717) is 15.1 Å². The molecule has 0 aliphatic heterocycles. The van der Waals surface area contributed by atoms with Crippen molar-refractivity contribution in [3.63, 3.8) is 0 Å². The average Bonchev–Trinajstić information content (AvgIpc) is 2.60. The molecule has 1 heterocycles. The van der Waals surface area contributed by atoms with Gasteiger partial charge in [0.15, 0.2) is 0 Å². The third-order valence-corrected chi connectivity index (χ3v) is 4.11. The largest absolute Gasteiger partial charge is 0.299 e. The van der Waals surface area contributed by atoms with E-state index in [9.17, 15) is 4.79 Å². The van der Waals surface area contributed by atoms with Crippen molar-refractivity contribution < 1.29 is 4.79 Å². The maximum Gasteiger partial charge on any atom is 0.143 e. The van der Waals surface area contributed by atoms with E-state index in [4.69, 9.17) is 34.8 Å². The Bertz CT molecular complexity index is 665. The lowest BCUT2D eigenvalue weighted by atomic mass is 10.1. The molecule has 2 aromatic rings. The van der Waals surface area contributed by atoms with Crippen LogP contribution in [0.1, 0.15) is 17.0 Å². The standard InChI is InChI=1S/C14H13Cl3N2O/c1-8-14(17)13(19(2)18-8)7-11(20)5-9-3-4-10(15)6-12(9)16/h3-4,6H,5,7H2,1-2H3. The van der Waals surface area contributed by atoms with Crippen molar-refractivity contribution in [3.05, 3.63) is 50.2 Å². The van der Waals surface area contributed by atoms with E-state index in [1.807, 2.05) is 6.92 Å². The number of Topliss-reactive ketones (excluding diaryl/α,β-unsaturated/α-hetero) is 1. The molecule has 0 saturated carbocycles. The number of benzene rings is 1. The quantitative estimate of drug-likeness (QED) is 0.847. The normalized spacial score (nSPS) is 10.8. The second kappa shape index (κ2) is 6.17. The van der Waals surface area contributed by atoms with Gasteiger partial charge in [-0.05, 0) is 24.6 Å². The molecule has 0 bridgehead atoms. The fraction of sp³-hybridized carbons (Fsp3) is 0.286. The van der Waals surface area contributed by atoms with Crippen molar-refractivity contribution in [1.82, 2.24) is 9.78 Å². The van der Waals surface area contributed by atoms with Gasteiger partial charge in [-0.3, -0.25) is 9.48 Å². The minimum Gasteiger partial charge on any atom is -0.299 e. The van der Waals surface area contributed by atoms with E-state index in [2.05, 4.69) is 5.10 Å². The number of hydrogen-bond acceptors (Lipinski definition) is 2. The number of nitrogens with zero attached hydrogens (tertiary/aromatic N) is 2. The first-order chi connectivity index (χ1) is 9.38. The van der Waals surface area contributed by atoms with Gasteiger partial charge in [-0.2, -0.15) is 5.10 Å². The average molecular weight is 332 g/mol. The predicted octanol–water partition coefficient (Wildman–Crippen LogP) is 4.04. The van der Waals surface area contributed by atoms with Gasteiger partial charge in [0.25, 0.3) is 0 Å². The summed E-state index contributed by atoms with van der Waals surface area (Å²) < 4.78 is 1.64. The first-order valence-electron chi connectivity index (χ1n) is 6.02. The second-order valence-electron chi connectivity index (χ2n) is 4.60. The lowest BCUT2D eigenvalue weighted by molar-refractivity contribution is -0.117. The highest BCUT2D eigenvalue weighted by Gasteiger charge is 2.16. The summed E-state index contributed by atoms with van der Waals surface area (Å²) in [6.07, 6.45) is 0.478. The molecule has 1 aromatic carbocycles. The van der Waals surface area contributed by atoms with Gasteiger partial charge in [0.05, 0.1) is 22.8 Å². The van der Waals surface area contributed by atoms with Crippen molar-refractivity contribution in [2.24, 2.45) is 7.05 Å². The topological polar surface area (TPSA) is 34.9 Å². The lowest BCUT2D eigenvalue weighted by Gasteiger charge is -2.05. The number of halogens is 3. The minimum absolute atomic E-state index is 0.0270. The third kappa shape index (κ3) is 3.35. The Hall–Kier alpha value is -1.03. The molecule has 106 valence electrons. The van der Waals surface area contributed by atoms with Crippen molar-refractivity contribution in [3.8, 4) is 0 Å². The Kier molecular flexibility index (Phi) is 4.74. The van der Waals surface area contributed by atoms with Crippen LogP contribution in [0.15, 0.2) is 18.2 Å². The molecule has 0 aliphatic rings. The first kappa shape index (κ1) is 15.4. The van der Waals surface area contributed by atoms with Gasteiger partial charge in [-0.25, -0.2) is 0 Å². The van der Waals surface area contributed by atoms with E-state index in [0.717, 1.165) is 17.0 Å². The number of ketones is 1. The molecule has 2 rings (SSSR count). The van der Waals surface area contributed by atoms with Gasteiger partial charge in [0.2, 0.25) is 0 Å². The Morgan fingerprint density at radius 3 is 2.50 bits per heavy atom. The highest BCUT2D eigenvalue weighted by Crippen LogP contribution is 2.23. The molecule has 0 fully saturated rings. The molecule has 0 atom stereocenters. The third-order valence-electron chi connectivity index (χ3n) is 3.03. The summed E-state index contributed by atoms with van der Waals surface area (Å²) in [4.78, 5) is 12.1. The molecular formula is C14H13Cl3N2O. The van der Waals surface area contributed by atoms with E-state index < -0.39 is 0 Å². The highest BCUT2D eigenvalue weighted by molar-refractivity contribution is 6.35. The van der Waals surface area contributed by atoms with Gasteiger partial charge in [-0.1, -0.05) is 40.9 Å². The molecule has 1 aromatic heterocycles. The Labute approximate surface area is 132 Å². The predicted molar refractivity (Wildman–Crippen MR) is 81.8 cm³/mol. The smallest absolute Gasteiger partial charge is 0.143 e. The van der Waals surface area contributed by atoms with Crippen LogP contribution in [0.3, 0.4) is 0 Å². The number of hydrogen-bond donors (Lipinski definition) is 0. The number of carbonyl (C=O) groups is 1. The molecule has 6 heteroatoms. The summed E-state index contributed by atoms with van der Waals surface area (Å²) in [5, 5.41) is 5.78. The van der Waals surface area contributed by atoms with Crippen molar-refractivity contribution in [2.45, 2.75) is 19.8 Å². The van der Waals surface area contributed by atoms with Crippen molar-refractivity contribution in [2.75, 3.05) is 0 Å². The van der Waals surface area contributed by atoms with Crippen LogP contribution < -0.4 is 0 Å². The van der Waals surface area contributed by atoms with Crippen molar-refractivity contribution in [1.29, 1.82) is 0 Å². The van der Waals surface area contributed by atoms with Crippen LogP contribution in [-0.2, 0) is 24.7 Å². The summed E-state index contributed by atoms with van der Waals surface area (Å²) in [6.45, 7) is 1.81. The summed E-state index contributed by atoms with van der Waals surface area (Å²) in [5.41, 5.74) is 2.21. The zero-order valence-electron chi connectivity index (χ0n) is 11.1. The van der Waals surface area contributed by atoms with E-state index in [1.165, 1.54) is 0 Å². The SMILES string of the molecule is Cc1nn(C)c(CC(=O)Cc2ccc(Cl)cc2Cl)c1Cl. The highest BCUT2D eigenvalue weighted by atomic mass is 35.5. The Morgan fingerprint density at radius 2 is 1.95 bits per heavy atom. The maximum atomic E-state index is 12.1. The summed E-state index contributed by atoms with van der Waals surface area (Å²) in [7, 11) is 1.77. The molecule has 0 N–H and O–H groups in total. The summed E-state index contributed by atoms with van der Waals surface area (Å²) in [6, 6.07) is 5.11. The fourth-order valence-corrected chi connectivity index (χ4v) is 2.70. The van der Waals surface area contributed by atoms with E-state index in [-0.39, 0.29) is 18.6 Å². The summed E-state index contributed by atoms with van der Waals surface area (Å²) in [5.74, 6) is 0.0270. The zero-order valence-corrected chi connectivity index (χ0v) is 13.4. The van der Waals surface area contributed by atoms with E-state index in [1.54, 1.807) is 29.9 Å². The fourth-order valence-electron chi connectivity index (χ4n) is 2.00. The van der Waals surface area contributed by atoms with Gasteiger partial charge < -0.3 is 0 Å². The minimum atomic E-state index is 0.0270. The number of carbonyl (C=O) groups excluding carboxylic acids is 1. The van der Waals surface area contributed by atoms with Crippen LogP contribution in [-0.4, -0.2) is 15.6 Å². The molecule has 0 unspecified atom stereocenters. The number of rotatable bonds is 4.